The molecule has 1 aliphatic heterocycles. The summed E-state index contributed by atoms with van der Waals surface area (Å²) in [4.78, 5) is 25.4. The van der Waals surface area contributed by atoms with Gasteiger partial charge in [-0.3, -0.25) is 9.69 Å². The van der Waals surface area contributed by atoms with Gasteiger partial charge in [0.05, 0.1) is 5.69 Å². The molecule has 3 rings (SSSR count). The van der Waals surface area contributed by atoms with Gasteiger partial charge in [0.15, 0.2) is 12.0 Å². The van der Waals surface area contributed by atoms with Crippen molar-refractivity contribution in [3.8, 4) is 0 Å². The van der Waals surface area contributed by atoms with E-state index in [1.807, 2.05) is 6.92 Å². The largest absolute Gasteiger partial charge is 0.337 e. The maximum absolute atomic E-state index is 12.9. The smallest absolute Gasteiger partial charge is 0.274 e. The number of aromatic nitrogens is 4. The predicted molar refractivity (Wildman–Crippen MR) is 82.7 cm³/mol. The minimum atomic E-state index is -0.297. The van der Waals surface area contributed by atoms with Crippen molar-refractivity contribution < 1.29 is 9.32 Å². The van der Waals surface area contributed by atoms with E-state index in [4.69, 9.17) is 4.52 Å². The number of fused-ring (bicyclic) bond motifs is 1. The predicted octanol–water partition coefficient (Wildman–Crippen LogP) is 1.11. The fourth-order valence-corrected chi connectivity index (χ4v) is 2.88. The summed E-state index contributed by atoms with van der Waals surface area (Å²) in [5, 5.41) is 3.60. The maximum Gasteiger partial charge on any atom is 0.274 e. The van der Waals surface area contributed by atoms with Crippen LogP contribution in [0.15, 0.2) is 10.9 Å². The van der Waals surface area contributed by atoms with Crippen LogP contribution in [0.3, 0.4) is 0 Å². The molecule has 0 fully saturated rings. The molecule has 1 amide bonds. The van der Waals surface area contributed by atoms with E-state index in [2.05, 4.69) is 38.6 Å². The zero-order valence-corrected chi connectivity index (χ0v) is 14.0. The molecule has 0 aliphatic carbocycles. The van der Waals surface area contributed by atoms with E-state index in [0.29, 0.717) is 11.6 Å². The van der Waals surface area contributed by atoms with Gasteiger partial charge in [-0.25, -0.2) is 4.98 Å². The van der Waals surface area contributed by atoms with Gasteiger partial charge in [-0.2, -0.15) is 4.98 Å². The number of carbonyl (C=O) groups excluding carboxylic acids is 1. The number of carbonyl (C=O) groups is 1. The summed E-state index contributed by atoms with van der Waals surface area (Å²) in [5.41, 5.74) is 1.52. The van der Waals surface area contributed by atoms with Crippen LogP contribution in [-0.2, 0) is 19.5 Å². The fourth-order valence-electron chi connectivity index (χ4n) is 2.88. The van der Waals surface area contributed by atoms with Crippen LogP contribution in [0.1, 0.15) is 47.8 Å². The van der Waals surface area contributed by atoms with Crippen LogP contribution in [0.2, 0.25) is 0 Å². The van der Waals surface area contributed by atoms with E-state index in [1.165, 1.54) is 6.33 Å². The molecule has 1 atom stereocenters. The van der Waals surface area contributed by atoms with Crippen LogP contribution in [-0.4, -0.2) is 56.0 Å². The van der Waals surface area contributed by atoms with Crippen LogP contribution in [0.4, 0.5) is 0 Å². The summed E-state index contributed by atoms with van der Waals surface area (Å²) in [7, 11) is 3.79. The van der Waals surface area contributed by atoms with Gasteiger partial charge in [-0.15, -0.1) is 0 Å². The van der Waals surface area contributed by atoms with Gasteiger partial charge in [0.1, 0.15) is 11.9 Å². The van der Waals surface area contributed by atoms with Crippen LogP contribution < -0.4 is 0 Å². The van der Waals surface area contributed by atoms with E-state index in [1.54, 1.807) is 11.9 Å². The van der Waals surface area contributed by atoms with Crippen molar-refractivity contribution in [3.63, 3.8) is 0 Å². The summed E-state index contributed by atoms with van der Waals surface area (Å²) in [6.45, 7) is 6.50. The van der Waals surface area contributed by atoms with Crippen molar-refractivity contribution in [2.45, 2.75) is 39.4 Å². The number of imidazole rings is 1. The average molecular weight is 318 g/mol. The lowest BCUT2D eigenvalue weighted by molar-refractivity contribution is 0.0707. The number of amides is 1. The monoisotopic (exact) mass is 318 g/mol. The Kier molecular flexibility index (Phi) is 4.16. The van der Waals surface area contributed by atoms with Crippen molar-refractivity contribution in [1.82, 2.24) is 29.5 Å². The topological polar surface area (TPSA) is 80.3 Å². The zero-order valence-electron chi connectivity index (χ0n) is 14.0. The Morgan fingerprint density at radius 2 is 2.26 bits per heavy atom. The first-order valence-electron chi connectivity index (χ1n) is 7.83. The summed E-state index contributed by atoms with van der Waals surface area (Å²) < 4.78 is 7.25. The molecule has 124 valence electrons. The van der Waals surface area contributed by atoms with Crippen molar-refractivity contribution in [1.29, 1.82) is 0 Å². The Hall–Kier alpha value is -2.22. The first kappa shape index (κ1) is 15.7. The van der Waals surface area contributed by atoms with Crippen LogP contribution in [0.5, 0.6) is 0 Å². The molecule has 0 N–H and O–H groups in total. The van der Waals surface area contributed by atoms with Gasteiger partial charge in [-0.05, 0) is 14.0 Å². The molecular formula is C15H22N6O2. The molecule has 23 heavy (non-hydrogen) atoms. The first-order chi connectivity index (χ1) is 11.0. The molecule has 0 saturated heterocycles. The molecule has 0 radical (unpaired) electrons. The first-order valence-corrected chi connectivity index (χ1v) is 7.83. The minimum Gasteiger partial charge on any atom is -0.337 e. The van der Waals surface area contributed by atoms with Gasteiger partial charge in [0, 0.05) is 33.1 Å². The van der Waals surface area contributed by atoms with Gasteiger partial charge in [0.25, 0.3) is 5.91 Å². The third-order valence-corrected chi connectivity index (χ3v) is 4.43. The third-order valence-electron chi connectivity index (χ3n) is 4.43. The Morgan fingerprint density at radius 1 is 1.48 bits per heavy atom. The molecule has 3 heterocycles. The molecule has 8 nitrogen and oxygen atoms in total. The number of nitrogens with zero attached hydrogens (tertiary/aromatic N) is 6. The lowest BCUT2D eigenvalue weighted by Gasteiger charge is -2.27. The van der Waals surface area contributed by atoms with Gasteiger partial charge in [0.2, 0.25) is 5.89 Å². The highest BCUT2D eigenvalue weighted by Gasteiger charge is 2.30. The maximum atomic E-state index is 12.9. The van der Waals surface area contributed by atoms with E-state index >= 15 is 0 Å². The summed E-state index contributed by atoms with van der Waals surface area (Å²) >= 11 is 0. The number of likely N-dealkylation sites (N-methyl/N-ethyl adjacent to an activating group) is 1. The average Bonchev–Trinajstić information content (AvgIpc) is 3.20. The highest BCUT2D eigenvalue weighted by Crippen LogP contribution is 2.23. The third kappa shape index (κ3) is 2.74. The second-order valence-corrected chi connectivity index (χ2v) is 5.94. The molecule has 0 aromatic carbocycles. The van der Waals surface area contributed by atoms with Crippen LogP contribution in [0, 0.1) is 0 Å². The SMILES string of the molecule is CCc1nc(C(=O)N(C)C(C)c2ncno2)c2n1CCN(C)C2. The normalized spacial score (nSPS) is 16.2. The van der Waals surface area contributed by atoms with Crippen LogP contribution in [0.25, 0.3) is 0 Å². The lowest BCUT2D eigenvalue weighted by Crippen LogP contribution is -2.34. The number of aryl methyl sites for hydroxylation is 1. The number of hydrogen-bond donors (Lipinski definition) is 0. The van der Waals surface area contributed by atoms with E-state index in [-0.39, 0.29) is 11.9 Å². The number of rotatable bonds is 4. The second-order valence-electron chi connectivity index (χ2n) is 5.94. The molecule has 1 aliphatic rings. The molecule has 1 unspecified atom stereocenters. The molecule has 2 aromatic heterocycles. The summed E-state index contributed by atoms with van der Waals surface area (Å²) in [6, 6.07) is -0.297. The molecule has 0 saturated carbocycles. The molecule has 2 aromatic rings. The Bertz CT molecular complexity index is 693. The lowest BCUT2D eigenvalue weighted by atomic mass is 10.2. The Labute approximate surface area is 135 Å². The van der Waals surface area contributed by atoms with Crippen molar-refractivity contribution in [3.05, 3.63) is 29.4 Å². The summed E-state index contributed by atoms with van der Waals surface area (Å²) in [6.07, 6.45) is 2.15. The molecular weight excluding hydrogens is 296 g/mol. The minimum absolute atomic E-state index is 0.116. The fraction of sp³-hybridized carbons (Fsp3) is 0.600. The van der Waals surface area contributed by atoms with Crippen molar-refractivity contribution >= 4 is 5.91 Å². The Morgan fingerprint density at radius 3 is 2.91 bits per heavy atom. The van der Waals surface area contributed by atoms with Gasteiger partial charge in [-0.1, -0.05) is 12.1 Å². The van der Waals surface area contributed by atoms with Crippen molar-refractivity contribution in [2.75, 3.05) is 20.6 Å². The van der Waals surface area contributed by atoms with E-state index in [9.17, 15) is 4.79 Å². The highest BCUT2D eigenvalue weighted by molar-refractivity contribution is 5.93. The van der Waals surface area contributed by atoms with Crippen molar-refractivity contribution in [2.24, 2.45) is 0 Å². The second kappa shape index (κ2) is 6.11. The molecule has 0 bridgehead atoms. The Balaban J connectivity index is 1.92. The van der Waals surface area contributed by atoms with Gasteiger partial charge < -0.3 is 14.0 Å². The van der Waals surface area contributed by atoms with Gasteiger partial charge >= 0.3 is 0 Å². The highest BCUT2D eigenvalue weighted by atomic mass is 16.5. The molecule has 0 spiro atoms. The van der Waals surface area contributed by atoms with E-state index < -0.39 is 0 Å². The number of hydrogen-bond acceptors (Lipinski definition) is 6. The summed E-state index contributed by atoms with van der Waals surface area (Å²) in [5.74, 6) is 1.27. The quantitative estimate of drug-likeness (QED) is 0.840. The van der Waals surface area contributed by atoms with Crippen LogP contribution >= 0.6 is 0 Å². The molecule has 8 heteroatoms. The van der Waals surface area contributed by atoms with E-state index in [0.717, 1.165) is 37.6 Å². The standard InChI is InChI=1S/C15H22N6O2/c1-5-12-18-13(11-8-19(3)6-7-21(11)12)15(22)20(4)10(2)14-16-9-17-23-14/h9-10H,5-8H2,1-4H3. The zero-order chi connectivity index (χ0) is 16.6.